The fraction of sp³-hybridized carbons (Fsp3) is 0.294. The second-order valence-electron chi connectivity index (χ2n) is 5.17. The summed E-state index contributed by atoms with van der Waals surface area (Å²) in [4.78, 5) is 2.15. The van der Waals surface area contributed by atoms with Crippen LogP contribution in [-0.4, -0.2) is 26.1 Å². The number of methoxy groups -OCH3 is 1. The zero-order valence-corrected chi connectivity index (χ0v) is 13.8. The first-order valence-corrected chi connectivity index (χ1v) is 7.43. The van der Waals surface area contributed by atoms with Crippen LogP contribution in [0.1, 0.15) is 16.7 Å². The summed E-state index contributed by atoms with van der Waals surface area (Å²) in [5.41, 5.74) is 3.82. The van der Waals surface area contributed by atoms with E-state index in [9.17, 15) is 0 Å². The molecule has 3 heteroatoms. The highest BCUT2D eigenvalue weighted by molar-refractivity contribution is 9.10. The molecular formula is C17H20BrNO. The van der Waals surface area contributed by atoms with E-state index in [1.807, 2.05) is 6.07 Å². The first kappa shape index (κ1) is 15.1. The van der Waals surface area contributed by atoms with Gasteiger partial charge in [0.05, 0.1) is 11.6 Å². The minimum atomic E-state index is 0.865. The number of hydrogen-bond donors (Lipinski definition) is 0. The highest BCUT2D eigenvalue weighted by Crippen LogP contribution is 2.32. The Balaban J connectivity index is 2.32. The van der Waals surface area contributed by atoms with E-state index in [1.54, 1.807) is 7.11 Å². The predicted molar refractivity (Wildman–Crippen MR) is 87.3 cm³/mol. The highest BCUT2D eigenvalue weighted by Gasteiger charge is 2.11. The molecule has 2 aromatic carbocycles. The molecular weight excluding hydrogens is 314 g/mol. The predicted octanol–water partition coefficient (Wildman–Crippen LogP) is 4.11. The molecule has 0 saturated carbocycles. The van der Waals surface area contributed by atoms with E-state index in [0.29, 0.717) is 0 Å². The molecule has 0 spiro atoms. The van der Waals surface area contributed by atoms with Crippen molar-refractivity contribution in [3.8, 4) is 5.75 Å². The highest BCUT2D eigenvalue weighted by atomic mass is 79.9. The molecule has 2 aromatic rings. The molecule has 2 rings (SSSR count). The lowest BCUT2D eigenvalue weighted by Gasteiger charge is -2.16. The van der Waals surface area contributed by atoms with Crippen LogP contribution in [0.3, 0.4) is 0 Å². The third kappa shape index (κ3) is 3.84. The van der Waals surface area contributed by atoms with Gasteiger partial charge in [-0.3, -0.25) is 0 Å². The maximum absolute atomic E-state index is 5.51. The van der Waals surface area contributed by atoms with Crippen LogP contribution >= 0.6 is 15.9 Å². The van der Waals surface area contributed by atoms with Gasteiger partial charge >= 0.3 is 0 Å². The Bertz CT molecular complexity index is 567. The van der Waals surface area contributed by atoms with Gasteiger partial charge in [-0.1, -0.05) is 36.4 Å². The summed E-state index contributed by atoms with van der Waals surface area (Å²) >= 11 is 3.62. The SMILES string of the molecule is COc1c(Br)cc(Cc2ccccc2)cc1CN(C)C. The Hall–Kier alpha value is -1.32. The molecule has 0 radical (unpaired) electrons. The average molecular weight is 334 g/mol. The number of halogens is 1. The van der Waals surface area contributed by atoms with Gasteiger partial charge in [0.15, 0.2) is 0 Å². The van der Waals surface area contributed by atoms with E-state index in [-0.39, 0.29) is 0 Å². The van der Waals surface area contributed by atoms with Crippen molar-refractivity contribution in [3.63, 3.8) is 0 Å². The van der Waals surface area contributed by atoms with Crippen LogP contribution in [0.4, 0.5) is 0 Å². The lowest BCUT2D eigenvalue weighted by atomic mass is 10.0. The zero-order chi connectivity index (χ0) is 14.5. The number of hydrogen-bond acceptors (Lipinski definition) is 2. The zero-order valence-electron chi connectivity index (χ0n) is 12.2. The van der Waals surface area contributed by atoms with Crippen molar-refractivity contribution < 1.29 is 4.74 Å². The normalized spacial score (nSPS) is 10.8. The van der Waals surface area contributed by atoms with Gasteiger partial charge in [-0.2, -0.15) is 0 Å². The van der Waals surface area contributed by atoms with Crippen molar-refractivity contribution in [3.05, 3.63) is 63.6 Å². The van der Waals surface area contributed by atoms with Crippen molar-refractivity contribution in [2.75, 3.05) is 21.2 Å². The monoisotopic (exact) mass is 333 g/mol. The Morgan fingerprint density at radius 1 is 1.05 bits per heavy atom. The smallest absolute Gasteiger partial charge is 0.137 e. The molecule has 0 saturated heterocycles. The fourth-order valence-electron chi connectivity index (χ4n) is 2.33. The largest absolute Gasteiger partial charge is 0.495 e. The summed E-state index contributed by atoms with van der Waals surface area (Å²) in [6.07, 6.45) is 0.934. The summed E-state index contributed by atoms with van der Waals surface area (Å²) in [7, 11) is 5.85. The second-order valence-corrected chi connectivity index (χ2v) is 6.02. The quantitative estimate of drug-likeness (QED) is 0.816. The third-order valence-corrected chi connectivity index (χ3v) is 3.71. The number of ether oxygens (including phenoxy) is 1. The molecule has 20 heavy (non-hydrogen) atoms. The molecule has 0 fully saturated rings. The van der Waals surface area contributed by atoms with E-state index in [0.717, 1.165) is 23.2 Å². The maximum Gasteiger partial charge on any atom is 0.137 e. The summed E-state index contributed by atoms with van der Waals surface area (Å²) < 4.78 is 6.53. The Kier molecular flexibility index (Phi) is 5.21. The lowest BCUT2D eigenvalue weighted by Crippen LogP contribution is -2.12. The van der Waals surface area contributed by atoms with Gasteiger partial charge in [-0.15, -0.1) is 0 Å². The van der Waals surface area contributed by atoms with Crippen molar-refractivity contribution >= 4 is 15.9 Å². The molecule has 2 nitrogen and oxygen atoms in total. The van der Waals surface area contributed by atoms with Gasteiger partial charge in [0, 0.05) is 12.1 Å². The summed E-state index contributed by atoms with van der Waals surface area (Å²) in [5.74, 6) is 0.926. The molecule has 0 unspecified atom stereocenters. The minimum Gasteiger partial charge on any atom is -0.495 e. The second kappa shape index (κ2) is 6.91. The van der Waals surface area contributed by atoms with Crippen molar-refractivity contribution in [2.24, 2.45) is 0 Å². The molecule has 0 atom stereocenters. The standard InChI is InChI=1S/C17H20BrNO/c1-19(2)12-15-10-14(11-16(18)17(15)20-3)9-13-7-5-4-6-8-13/h4-8,10-11H,9,12H2,1-3H3. The van der Waals surface area contributed by atoms with Crippen LogP contribution in [-0.2, 0) is 13.0 Å². The van der Waals surface area contributed by atoms with E-state index in [1.165, 1.54) is 16.7 Å². The van der Waals surface area contributed by atoms with Gasteiger partial charge in [0.2, 0.25) is 0 Å². The van der Waals surface area contributed by atoms with Crippen LogP contribution in [0.25, 0.3) is 0 Å². The Morgan fingerprint density at radius 3 is 2.35 bits per heavy atom. The van der Waals surface area contributed by atoms with E-state index < -0.39 is 0 Å². The van der Waals surface area contributed by atoms with E-state index in [4.69, 9.17) is 4.74 Å². The van der Waals surface area contributed by atoms with Crippen LogP contribution in [0.5, 0.6) is 5.75 Å². The molecule has 106 valence electrons. The summed E-state index contributed by atoms with van der Waals surface area (Å²) in [6.45, 7) is 0.865. The molecule has 0 heterocycles. The Labute approximate surface area is 129 Å². The van der Waals surface area contributed by atoms with Crippen molar-refractivity contribution in [1.29, 1.82) is 0 Å². The number of benzene rings is 2. The van der Waals surface area contributed by atoms with Gasteiger partial charge in [-0.05, 0) is 53.6 Å². The molecule has 0 amide bonds. The van der Waals surface area contributed by atoms with Gasteiger partial charge in [-0.25, -0.2) is 0 Å². The van der Waals surface area contributed by atoms with Gasteiger partial charge in [0.1, 0.15) is 5.75 Å². The topological polar surface area (TPSA) is 12.5 Å². The number of rotatable bonds is 5. The minimum absolute atomic E-state index is 0.865. The lowest BCUT2D eigenvalue weighted by molar-refractivity contribution is 0.370. The Morgan fingerprint density at radius 2 is 1.75 bits per heavy atom. The maximum atomic E-state index is 5.51. The fourth-order valence-corrected chi connectivity index (χ4v) is 3.04. The van der Waals surface area contributed by atoms with Gasteiger partial charge in [0.25, 0.3) is 0 Å². The summed E-state index contributed by atoms with van der Waals surface area (Å²) in [5, 5.41) is 0. The molecule has 0 aliphatic rings. The van der Waals surface area contributed by atoms with Crippen LogP contribution in [0.15, 0.2) is 46.9 Å². The molecule has 0 aromatic heterocycles. The van der Waals surface area contributed by atoms with Crippen LogP contribution in [0.2, 0.25) is 0 Å². The third-order valence-electron chi connectivity index (χ3n) is 3.12. The van der Waals surface area contributed by atoms with Crippen LogP contribution in [0, 0.1) is 0 Å². The van der Waals surface area contributed by atoms with E-state index in [2.05, 4.69) is 71.3 Å². The van der Waals surface area contributed by atoms with Crippen LogP contribution < -0.4 is 4.74 Å². The van der Waals surface area contributed by atoms with E-state index >= 15 is 0 Å². The first-order chi connectivity index (χ1) is 9.60. The van der Waals surface area contributed by atoms with Crippen molar-refractivity contribution in [2.45, 2.75) is 13.0 Å². The van der Waals surface area contributed by atoms with Gasteiger partial charge < -0.3 is 9.64 Å². The van der Waals surface area contributed by atoms with Crippen molar-refractivity contribution in [1.82, 2.24) is 4.90 Å². The molecule has 0 aliphatic carbocycles. The summed E-state index contributed by atoms with van der Waals surface area (Å²) in [6, 6.07) is 14.9. The molecule has 0 bridgehead atoms. The molecule has 0 aliphatic heterocycles. The average Bonchev–Trinajstić information content (AvgIpc) is 2.39. The number of nitrogens with zero attached hydrogens (tertiary/aromatic N) is 1. The molecule has 0 N–H and O–H groups in total. The first-order valence-electron chi connectivity index (χ1n) is 6.64.